The Labute approximate surface area is 168 Å². The van der Waals surface area contributed by atoms with Gasteiger partial charge in [-0.05, 0) is 0 Å². The number of nitrogens with zero attached hydrogens (tertiary/aromatic N) is 3. The van der Waals surface area contributed by atoms with Crippen LogP contribution < -0.4 is 11.2 Å². The number of aromatic nitrogens is 3. The Hall–Kier alpha value is -2.63. The van der Waals surface area contributed by atoms with Crippen molar-refractivity contribution in [3.8, 4) is 10.6 Å². The highest BCUT2D eigenvalue weighted by Crippen LogP contribution is 2.28. The maximum absolute atomic E-state index is 12.9. The molecule has 29 heavy (non-hydrogen) atoms. The third kappa shape index (κ3) is 3.68. The van der Waals surface area contributed by atoms with Gasteiger partial charge in [-0.1, -0.05) is 30.3 Å². The summed E-state index contributed by atoms with van der Waals surface area (Å²) in [5, 5.41) is 30.1. The van der Waals surface area contributed by atoms with Crippen molar-refractivity contribution in [2.24, 2.45) is 0 Å². The van der Waals surface area contributed by atoms with E-state index in [9.17, 15) is 24.9 Å². The van der Waals surface area contributed by atoms with Gasteiger partial charge in [0.05, 0.1) is 13.2 Å². The summed E-state index contributed by atoms with van der Waals surface area (Å²) in [6.45, 7) is -0.496. The van der Waals surface area contributed by atoms with E-state index in [2.05, 4.69) is 4.98 Å². The second-order valence-electron chi connectivity index (χ2n) is 6.66. The summed E-state index contributed by atoms with van der Waals surface area (Å²) in [7, 11) is 0. The number of benzene rings is 1. The highest BCUT2D eigenvalue weighted by molar-refractivity contribution is 7.15. The van der Waals surface area contributed by atoms with Crippen LogP contribution in [0, 0.1) is 0 Å². The molecule has 1 aliphatic rings. The fraction of sp³-hybridized carbons (Fsp3) is 0.316. The molecule has 3 aromatic rings. The first kappa shape index (κ1) is 19.7. The predicted octanol–water partition coefficient (Wildman–Crippen LogP) is -0.207. The lowest BCUT2D eigenvalue weighted by molar-refractivity contribution is -0.0555. The highest BCUT2D eigenvalue weighted by Gasteiger charge is 2.43. The van der Waals surface area contributed by atoms with Crippen molar-refractivity contribution in [1.82, 2.24) is 14.1 Å². The highest BCUT2D eigenvalue weighted by atomic mass is 32.1. The molecule has 0 bridgehead atoms. The Morgan fingerprint density at radius 3 is 2.55 bits per heavy atom. The Balaban J connectivity index is 1.64. The quantitative estimate of drug-likeness (QED) is 0.524. The molecular weight excluding hydrogens is 398 g/mol. The zero-order valence-electron chi connectivity index (χ0n) is 15.2. The van der Waals surface area contributed by atoms with Crippen LogP contribution in [0.5, 0.6) is 0 Å². The third-order valence-corrected chi connectivity index (χ3v) is 5.81. The molecule has 4 rings (SSSR count). The average molecular weight is 417 g/mol. The molecule has 0 saturated carbocycles. The second kappa shape index (κ2) is 8.01. The summed E-state index contributed by atoms with van der Waals surface area (Å²) < 4.78 is 7.45. The van der Waals surface area contributed by atoms with E-state index in [-0.39, 0.29) is 6.54 Å². The standard InChI is InChI=1S/C19H19N3O6S/c23-10-13-15(25)16(26)18(28-13)21-7-6-14(24)22(19(21)27)9-12-8-20-17(29-12)11-4-2-1-3-5-11/h1-8,13,15-16,18,23,25-26H,9-10H2/t13-,15?,16?,18-/m1/s1. The van der Waals surface area contributed by atoms with Crippen molar-refractivity contribution >= 4 is 11.3 Å². The molecule has 0 aliphatic carbocycles. The summed E-state index contributed by atoms with van der Waals surface area (Å²) in [6, 6.07) is 10.7. The zero-order chi connectivity index (χ0) is 20.5. The van der Waals surface area contributed by atoms with Gasteiger partial charge in [0.15, 0.2) is 6.23 Å². The Morgan fingerprint density at radius 2 is 1.86 bits per heavy atom. The maximum atomic E-state index is 12.9. The van der Waals surface area contributed by atoms with Gasteiger partial charge in [0.25, 0.3) is 5.56 Å². The molecule has 2 unspecified atom stereocenters. The van der Waals surface area contributed by atoms with Gasteiger partial charge in [-0.15, -0.1) is 11.3 Å². The van der Waals surface area contributed by atoms with Crippen LogP contribution in [0.25, 0.3) is 10.6 Å². The van der Waals surface area contributed by atoms with E-state index in [0.717, 1.165) is 19.7 Å². The minimum Gasteiger partial charge on any atom is -0.394 e. The molecule has 1 fully saturated rings. The van der Waals surface area contributed by atoms with Gasteiger partial charge in [-0.25, -0.2) is 9.78 Å². The first-order valence-corrected chi connectivity index (χ1v) is 9.76. The molecule has 1 aromatic carbocycles. The number of hydrogen-bond acceptors (Lipinski definition) is 8. The molecule has 152 valence electrons. The summed E-state index contributed by atoms with van der Waals surface area (Å²) in [5.74, 6) is 0. The maximum Gasteiger partial charge on any atom is 0.333 e. The van der Waals surface area contributed by atoms with Crippen LogP contribution >= 0.6 is 11.3 Å². The molecule has 9 nitrogen and oxygen atoms in total. The van der Waals surface area contributed by atoms with Gasteiger partial charge < -0.3 is 20.1 Å². The lowest BCUT2D eigenvalue weighted by Crippen LogP contribution is -2.43. The molecule has 4 atom stereocenters. The Bertz CT molecular complexity index is 1110. The third-order valence-electron chi connectivity index (χ3n) is 4.78. The lowest BCUT2D eigenvalue weighted by atomic mass is 10.1. The topological polar surface area (TPSA) is 127 Å². The van der Waals surface area contributed by atoms with E-state index in [1.54, 1.807) is 6.20 Å². The molecule has 1 aliphatic heterocycles. The molecule has 10 heteroatoms. The molecule has 2 aromatic heterocycles. The van der Waals surface area contributed by atoms with Crippen molar-refractivity contribution in [2.75, 3.05) is 6.61 Å². The van der Waals surface area contributed by atoms with Gasteiger partial charge >= 0.3 is 5.69 Å². The largest absolute Gasteiger partial charge is 0.394 e. The molecule has 0 radical (unpaired) electrons. The van der Waals surface area contributed by atoms with Gasteiger partial charge in [-0.2, -0.15) is 0 Å². The number of hydrogen-bond donors (Lipinski definition) is 3. The van der Waals surface area contributed by atoms with Gasteiger partial charge in [0.2, 0.25) is 0 Å². The predicted molar refractivity (Wildman–Crippen MR) is 105 cm³/mol. The first-order chi connectivity index (χ1) is 14.0. The number of rotatable bonds is 5. The molecule has 0 amide bonds. The van der Waals surface area contributed by atoms with Crippen LogP contribution in [-0.4, -0.2) is 54.4 Å². The fourth-order valence-electron chi connectivity index (χ4n) is 3.23. The van der Waals surface area contributed by atoms with E-state index < -0.39 is 42.4 Å². The van der Waals surface area contributed by atoms with Crippen LogP contribution in [0.15, 0.2) is 58.4 Å². The van der Waals surface area contributed by atoms with Crippen molar-refractivity contribution in [1.29, 1.82) is 0 Å². The molecule has 3 heterocycles. The summed E-state index contributed by atoms with van der Waals surface area (Å²) in [4.78, 5) is 30.2. The van der Waals surface area contributed by atoms with Crippen LogP contribution in [0.1, 0.15) is 11.1 Å². The second-order valence-corrected chi connectivity index (χ2v) is 7.77. The number of thiazole rings is 1. The van der Waals surface area contributed by atoms with Crippen LogP contribution in [0.2, 0.25) is 0 Å². The minimum absolute atomic E-state index is 0.0117. The van der Waals surface area contributed by atoms with E-state index >= 15 is 0 Å². The van der Waals surface area contributed by atoms with Crippen LogP contribution in [-0.2, 0) is 11.3 Å². The molecule has 0 spiro atoms. The monoisotopic (exact) mass is 417 g/mol. The van der Waals surface area contributed by atoms with E-state index in [1.807, 2.05) is 30.3 Å². The molecular formula is C19H19N3O6S. The summed E-state index contributed by atoms with van der Waals surface area (Å²) in [6.07, 6.45) is -2.15. The van der Waals surface area contributed by atoms with Crippen LogP contribution in [0.4, 0.5) is 0 Å². The summed E-state index contributed by atoms with van der Waals surface area (Å²) >= 11 is 1.37. The number of aliphatic hydroxyl groups excluding tert-OH is 3. The Morgan fingerprint density at radius 1 is 1.10 bits per heavy atom. The van der Waals surface area contributed by atoms with E-state index in [1.165, 1.54) is 23.6 Å². The lowest BCUT2D eigenvalue weighted by Gasteiger charge is -2.18. The number of ether oxygens (including phenoxy) is 1. The van der Waals surface area contributed by atoms with E-state index in [0.29, 0.717) is 4.88 Å². The van der Waals surface area contributed by atoms with Gasteiger partial charge in [-0.3, -0.25) is 13.9 Å². The minimum atomic E-state index is -1.41. The smallest absolute Gasteiger partial charge is 0.333 e. The molecule has 1 saturated heterocycles. The Kier molecular flexibility index (Phi) is 5.43. The van der Waals surface area contributed by atoms with Crippen molar-refractivity contribution < 1.29 is 20.1 Å². The van der Waals surface area contributed by atoms with Gasteiger partial charge in [0.1, 0.15) is 23.3 Å². The van der Waals surface area contributed by atoms with Crippen molar-refractivity contribution in [3.63, 3.8) is 0 Å². The van der Waals surface area contributed by atoms with E-state index in [4.69, 9.17) is 4.74 Å². The zero-order valence-corrected chi connectivity index (χ0v) is 16.0. The first-order valence-electron chi connectivity index (χ1n) is 8.94. The van der Waals surface area contributed by atoms with Crippen LogP contribution in [0.3, 0.4) is 0 Å². The van der Waals surface area contributed by atoms with Gasteiger partial charge in [0, 0.05) is 28.9 Å². The van der Waals surface area contributed by atoms with Crippen molar-refractivity contribution in [3.05, 3.63) is 74.5 Å². The molecule has 3 N–H and O–H groups in total. The SMILES string of the molecule is O=c1ccn([C@@H]2O[C@H](CO)C(O)C2O)c(=O)n1Cc1cnc(-c2ccccc2)s1. The fourth-order valence-corrected chi connectivity index (χ4v) is 4.14. The number of aliphatic hydroxyl groups is 3. The average Bonchev–Trinajstić information content (AvgIpc) is 3.31. The van der Waals surface area contributed by atoms with Crippen molar-refractivity contribution in [2.45, 2.75) is 31.1 Å². The normalized spacial score (nSPS) is 24.1. The summed E-state index contributed by atoms with van der Waals surface area (Å²) in [5.41, 5.74) is -0.261.